The summed E-state index contributed by atoms with van der Waals surface area (Å²) < 4.78 is 0. The summed E-state index contributed by atoms with van der Waals surface area (Å²) in [5.41, 5.74) is 6.75. The minimum atomic E-state index is 0.629. The number of hydrogen-bond donors (Lipinski definition) is 1. The number of rotatable bonds is 4. The highest BCUT2D eigenvalue weighted by atomic mass is 16.1. The van der Waals surface area contributed by atoms with Crippen LogP contribution < -0.4 is 5.73 Å². The van der Waals surface area contributed by atoms with E-state index in [-0.39, 0.29) is 0 Å². The SMILES string of the molecule is NCCC=Cc1cc(C=O)ccn1. The molecule has 68 valence electrons. The number of nitrogens with two attached hydrogens (primary N) is 1. The van der Waals surface area contributed by atoms with Crippen LogP contribution in [0.1, 0.15) is 22.5 Å². The summed E-state index contributed by atoms with van der Waals surface area (Å²) in [5, 5.41) is 0. The van der Waals surface area contributed by atoms with E-state index in [0.717, 1.165) is 18.4 Å². The molecule has 0 aliphatic heterocycles. The Morgan fingerprint density at radius 3 is 3.08 bits per heavy atom. The van der Waals surface area contributed by atoms with Crippen molar-refractivity contribution in [3.8, 4) is 0 Å². The predicted molar refractivity (Wildman–Crippen MR) is 52.3 cm³/mol. The monoisotopic (exact) mass is 176 g/mol. The van der Waals surface area contributed by atoms with Gasteiger partial charge in [0.25, 0.3) is 0 Å². The van der Waals surface area contributed by atoms with Crippen molar-refractivity contribution in [1.29, 1.82) is 0 Å². The molecule has 0 aliphatic rings. The molecule has 1 aromatic heterocycles. The molecule has 0 saturated carbocycles. The van der Waals surface area contributed by atoms with E-state index in [0.29, 0.717) is 12.1 Å². The third-order valence-corrected chi connectivity index (χ3v) is 1.56. The number of pyridine rings is 1. The summed E-state index contributed by atoms with van der Waals surface area (Å²) in [6.45, 7) is 0.629. The minimum absolute atomic E-state index is 0.629. The van der Waals surface area contributed by atoms with Gasteiger partial charge < -0.3 is 5.73 Å². The molecule has 0 radical (unpaired) electrons. The molecule has 3 nitrogen and oxygen atoms in total. The van der Waals surface area contributed by atoms with E-state index in [1.807, 2.05) is 12.2 Å². The third kappa shape index (κ3) is 3.17. The maximum Gasteiger partial charge on any atom is 0.150 e. The quantitative estimate of drug-likeness (QED) is 0.702. The summed E-state index contributed by atoms with van der Waals surface area (Å²) in [6, 6.07) is 3.41. The summed E-state index contributed by atoms with van der Waals surface area (Å²) in [7, 11) is 0. The molecule has 0 spiro atoms. The van der Waals surface area contributed by atoms with Crippen molar-refractivity contribution in [2.75, 3.05) is 6.54 Å². The Bertz CT molecular complexity index is 308. The average Bonchev–Trinajstić information content (AvgIpc) is 2.19. The first-order valence-electron chi connectivity index (χ1n) is 4.14. The van der Waals surface area contributed by atoms with Crippen LogP contribution in [-0.4, -0.2) is 17.8 Å². The second kappa shape index (κ2) is 5.22. The van der Waals surface area contributed by atoms with Crippen LogP contribution >= 0.6 is 0 Å². The molecule has 3 heteroatoms. The smallest absolute Gasteiger partial charge is 0.150 e. The Balaban J connectivity index is 2.71. The molecule has 1 rings (SSSR count). The van der Waals surface area contributed by atoms with Gasteiger partial charge in [0.05, 0.1) is 5.69 Å². The van der Waals surface area contributed by atoms with Crippen molar-refractivity contribution in [1.82, 2.24) is 4.98 Å². The Hall–Kier alpha value is -1.48. The van der Waals surface area contributed by atoms with Gasteiger partial charge in [-0.1, -0.05) is 6.08 Å². The number of hydrogen-bond acceptors (Lipinski definition) is 3. The van der Waals surface area contributed by atoms with E-state index in [9.17, 15) is 4.79 Å². The van der Waals surface area contributed by atoms with Gasteiger partial charge in [-0.25, -0.2) is 0 Å². The lowest BCUT2D eigenvalue weighted by Gasteiger charge is -1.93. The number of aromatic nitrogens is 1. The highest BCUT2D eigenvalue weighted by Crippen LogP contribution is 2.01. The van der Waals surface area contributed by atoms with Crippen LogP contribution in [0, 0.1) is 0 Å². The van der Waals surface area contributed by atoms with Crippen LogP contribution in [0.3, 0.4) is 0 Å². The molecular weight excluding hydrogens is 164 g/mol. The molecule has 0 fully saturated rings. The van der Waals surface area contributed by atoms with Crippen molar-refractivity contribution in [2.45, 2.75) is 6.42 Å². The van der Waals surface area contributed by atoms with Crippen molar-refractivity contribution in [2.24, 2.45) is 5.73 Å². The third-order valence-electron chi connectivity index (χ3n) is 1.56. The molecule has 0 saturated heterocycles. The Labute approximate surface area is 77.3 Å². The summed E-state index contributed by atoms with van der Waals surface area (Å²) in [6.07, 6.45) is 7.05. The standard InChI is InChI=1S/C10H12N2O/c11-5-2-1-3-10-7-9(8-13)4-6-12-10/h1,3-4,6-8H,2,5,11H2. The zero-order valence-electron chi connectivity index (χ0n) is 7.31. The molecular formula is C10H12N2O. The Kier molecular flexibility index (Phi) is 3.85. The van der Waals surface area contributed by atoms with Gasteiger partial charge in [-0.05, 0) is 31.2 Å². The summed E-state index contributed by atoms with van der Waals surface area (Å²) in [4.78, 5) is 14.5. The first-order chi connectivity index (χ1) is 6.36. The average molecular weight is 176 g/mol. The van der Waals surface area contributed by atoms with E-state index >= 15 is 0 Å². The van der Waals surface area contributed by atoms with Gasteiger partial charge in [-0.15, -0.1) is 0 Å². The molecule has 0 atom stereocenters. The minimum Gasteiger partial charge on any atom is -0.330 e. The van der Waals surface area contributed by atoms with Crippen LogP contribution in [0.25, 0.3) is 6.08 Å². The zero-order chi connectivity index (χ0) is 9.52. The Morgan fingerprint density at radius 1 is 1.54 bits per heavy atom. The molecule has 0 amide bonds. The number of carbonyl (C=O) groups is 1. The van der Waals surface area contributed by atoms with Crippen LogP contribution in [0.15, 0.2) is 24.4 Å². The second-order valence-corrected chi connectivity index (χ2v) is 2.61. The fourth-order valence-electron chi connectivity index (χ4n) is 0.930. The normalized spacial score (nSPS) is 10.5. The van der Waals surface area contributed by atoms with Crippen molar-refractivity contribution in [3.63, 3.8) is 0 Å². The van der Waals surface area contributed by atoms with Gasteiger partial charge in [0.15, 0.2) is 0 Å². The van der Waals surface area contributed by atoms with Gasteiger partial charge >= 0.3 is 0 Å². The van der Waals surface area contributed by atoms with Gasteiger partial charge in [0.1, 0.15) is 6.29 Å². The molecule has 2 N–H and O–H groups in total. The fourth-order valence-corrected chi connectivity index (χ4v) is 0.930. The van der Waals surface area contributed by atoms with Gasteiger partial charge in [0, 0.05) is 11.8 Å². The van der Waals surface area contributed by atoms with Crippen molar-refractivity contribution >= 4 is 12.4 Å². The van der Waals surface area contributed by atoms with Gasteiger partial charge in [-0.3, -0.25) is 9.78 Å². The van der Waals surface area contributed by atoms with E-state index in [4.69, 9.17) is 5.73 Å². The molecule has 13 heavy (non-hydrogen) atoms. The highest BCUT2D eigenvalue weighted by molar-refractivity contribution is 5.75. The summed E-state index contributed by atoms with van der Waals surface area (Å²) >= 11 is 0. The van der Waals surface area contributed by atoms with Crippen molar-refractivity contribution in [3.05, 3.63) is 35.7 Å². The van der Waals surface area contributed by atoms with E-state index in [1.54, 1.807) is 18.3 Å². The molecule has 0 bridgehead atoms. The van der Waals surface area contributed by atoms with E-state index in [1.165, 1.54) is 0 Å². The van der Waals surface area contributed by atoms with Crippen molar-refractivity contribution < 1.29 is 4.79 Å². The zero-order valence-corrected chi connectivity index (χ0v) is 7.31. The maximum absolute atomic E-state index is 10.4. The Morgan fingerprint density at radius 2 is 2.38 bits per heavy atom. The lowest BCUT2D eigenvalue weighted by Crippen LogP contribution is -1.95. The maximum atomic E-state index is 10.4. The van der Waals surface area contributed by atoms with Gasteiger partial charge in [-0.2, -0.15) is 0 Å². The van der Waals surface area contributed by atoms with Crippen LogP contribution in [0.5, 0.6) is 0 Å². The number of aldehydes is 1. The van der Waals surface area contributed by atoms with Crippen LogP contribution in [0.4, 0.5) is 0 Å². The topological polar surface area (TPSA) is 56.0 Å². The lowest BCUT2D eigenvalue weighted by atomic mass is 10.2. The second-order valence-electron chi connectivity index (χ2n) is 2.61. The molecule has 1 aromatic rings. The largest absolute Gasteiger partial charge is 0.330 e. The summed E-state index contributed by atoms with van der Waals surface area (Å²) in [5.74, 6) is 0. The molecule has 0 unspecified atom stereocenters. The van der Waals surface area contributed by atoms with Crippen LogP contribution in [0.2, 0.25) is 0 Å². The van der Waals surface area contributed by atoms with Gasteiger partial charge in [0.2, 0.25) is 0 Å². The number of nitrogens with zero attached hydrogens (tertiary/aromatic N) is 1. The van der Waals surface area contributed by atoms with Crippen LogP contribution in [-0.2, 0) is 0 Å². The molecule has 0 aromatic carbocycles. The van der Waals surface area contributed by atoms with E-state index in [2.05, 4.69) is 4.98 Å². The first kappa shape index (κ1) is 9.61. The molecule has 1 heterocycles. The lowest BCUT2D eigenvalue weighted by molar-refractivity contribution is 0.112. The van der Waals surface area contributed by atoms with E-state index < -0.39 is 0 Å². The first-order valence-corrected chi connectivity index (χ1v) is 4.14. The number of carbonyl (C=O) groups excluding carboxylic acids is 1. The highest BCUT2D eigenvalue weighted by Gasteiger charge is 1.90. The predicted octanol–water partition coefficient (Wildman–Crippen LogP) is 1.26. The fraction of sp³-hybridized carbons (Fsp3) is 0.200. The molecule has 0 aliphatic carbocycles.